The summed E-state index contributed by atoms with van der Waals surface area (Å²) >= 11 is 0. The number of alkyl halides is 2. The summed E-state index contributed by atoms with van der Waals surface area (Å²) in [6, 6.07) is 10.1. The van der Waals surface area contributed by atoms with Gasteiger partial charge in [0.05, 0.1) is 25.9 Å². The summed E-state index contributed by atoms with van der Waals surface area (Å²) in [5.41, 5.74) is 11.5. The number of fused-ring (bicyclic) bond motifs is 1. The molecule has 2 aromatic rings. The highest BCUT2D eigenvalue weighted by molar-refractivity contribution is 5.88. The molecule has 1 unspecified atom stereocenters. The number of halogens is 2. The zero-order chi connectivity index (χ0) is 25.1. The van der Waals surface area contributed by atoms with Crippen LogP contribution in [0.4, 0.5) is 20.2 Å². The summed E-state index contributed by atoms with van der Waals surface area (Å²) in [6.07, 6.45) is 1.63. The molecule has 0 saturated carbocycles. The first kappa shape index (κ1) is 25.4. The van der Waals surface area contributed by atoms with Crippen molar-refractivity contribution in [2.45, 2.75) is 51.0 Å². The van der Waals surface area contributed by atoms with Gasteiger partial charge in [0.2, 0.25) is 0 Å². The Morgan fingerprint density at radius 3 is 2.66 bits per heavy atom. The van der Waals surface area contributed by atoms with Crippen molar-refractivity contribution in [3.05, 3.63) is 52.6 Å². The molecule has 2 heterocycles. The molecule has 2 aliphatic rings. The van der Waals surface area contributed by atoms with E-state index in [0.29, 0.717) is 31.1 Å². The number of nitrogens with one attached hydrogen (secondary N) is 2. The van der Waals surface area contributed by atoms with Crippen LogP contribution in [0, 0.1) is 5.41 Å². The number of hydrogen-bond donors (Lipinski definition) is 3. The summed E-state index contributed by atoms with van der Waals surface area (Å²) in [5, 5.41) is 11.5. The van der Waals surface area contributed by atoms with Crippen LogP contribution in [0.2, 0.25) is 0 Å². The third kappa shape index (κ3) is 5.28. The molecule has 1 saturated heterocycles. The van der Waals surface area contributed by atoms with Gasteiger partial charge in [0.15, 0.2) is 0 Å². The molecule has 190 valence electrons. The molecule has 8 heteroatoms. The Balaban J connectivity index is 1.66. The van der Waals surface area contributed by atoms with Crippen molar-refractivity contribution in [1.82, 2.24) is 9.80 Å². The predicted molar refractivity (Wildman–Crippen MR) is 138 cm³/mol. The Morgan fingerprint density at radius 1 is 1.26 bits per heavy atom. The Labute approximate surface area is 206 Å². The number of nitrogen functional groups attached to an aromatic ring is 1. The van der Waals surface area contributed by atoms with E-state index in [1.807, 2.05) is 24.3 Å². The SMILES string of the molecule is COc1cc(NC2CN(CCCF)C2)ccc1[C@@H]1c2ccc(N)c(C=N)c2C[C@@H](C)N1CC(C)F. The number of ether oxygens (including phenoxy) is 1. The van der Waals surface area contributed by atoms with Crippen molar-refractivity contribution in [2.75, 3.05) is 51.0 Å². The van der Waals surface area contributed by atoms with Gasteiger partial charge in [-0.3, -0.25) is 14.2 Å². The molecular weight excluding hydrogens is 448 g/mol. The van der Waals surface area contributed by atoms with Crippen molar-refractivity contribution in [3.8, 4) is 5.75 Å². The number of rotatable bonds is 10. The maximum absolute atomic E-state index is 14.3. The molecule has 0 bridgehead atoms. The van der Waals surface area contributed by atoms with Crippen LogP contribution < -0.4 is 15.8 Å². The van der Waals surface area contributed by atoms with E-state index < -0.39 is 6.17 Å². The second-order valence-corrected chi connectivity index (χ2v) is 9.81. The van der Waals surface area contributed by atoms with Crippen LogP contribution in [0.1, 0.15) is 48.6 Å². The number of anilines is 2. The van der Waals surface area contributed by atoms with Crippen LogP contribution in [-0.4, -0.2) is 74.2 Å². The zero-order valence-electron chi connectivity index (χ0n) is 20.9. The maximum Gasteiger partial charge on any atom is 0.126 e. The van der Waals surface area contributed by atoms with Crippen LogP contribution in [0.15, 0.2) is 30.3 Å². The molecule has 2 aromatic carbocycles. The monoisotopic (exact) mass is 485 g/mol. The fourth-order valence-corrected chi connectivity index (χ4v) is 5.51. The predicted octanol–water partition coefficient (Wildman–Crippen LogP) is 4.42. The van der Waals surface area contributed by atoms with Gasteiger partial charge in [-0.05, 0) is 49.9 Å². The first-order valence-corrected chi connectivity index (χ1v) is 12.4. The van der Waals surface area contributed by atoms with E-state index >= 15 is 0 Å². The minimum atomic E-state index is -0.983. The maximum atomic E-state index is 14.3. The lowest BCUT2D eigenvalue weighted by molar-refractivity contribution is 0.112. The molecule has 4 N–H and O–H groups in total. The van der Waals surface area contributed by atoms with Crippen LogP contribution in [0.25, 0.3) is 0 Å². The van der Waals surface area contributed by atoms with E-state index in [9.17, 15) is 8.78 Å². The van der Waals surface area contributed by atoms with Gasteiger partial charge in [-0.15, -0.1) is 0 Å². The van der Waals surface area contributed by atoms with Crippen LogP contribution in [-0.2, 0) is 6.42 Å². The molecule has 35 heavy (non-hydrogen) atoms. The normalized spacial score (nSPS) is 21.7. The number of benzene rings is 2. The molecule has 0 spiro atoms. The smallest absolute Gasteiger partial charge is 0.126 e. The summed E-state index contributed by atoms with van der Waals surface area (Å²) in [5.74, 6) is 0.735. The highest BCUT2D eigenvalue weighted by atomic mass is 19.1. The Morgan fingerprint density at radius 2 is 2.00 bits per heavy atom. The first-order chi connectivity index (χ1) is 16.9. The number of nitrogens with zero attached hydrogens (tertiary/aromatic N) is 2. The third-order valence-corrected chi connectivity index (χ3v) is 7.19. The van der Waals surface area contributed by atoms with Gasteiger partial charge in [0.1, 0.15) is 11.9 Å². The Hall–Kier alpha value is -2.71. The molecule has 0 aromatic heterocycles. The molecule has 0 aliphatic carbocycles. The van der Waals surface area contributed by atoms with Crippen molar-refractivity contribution in [3.63, 3.8) is 0 Å². The number of methoxy groups -OCH3 is 1. The topological polar surface area (TPSA) is 77.6 Å². The quantitative estimate of drug-likeness (QED) is 0.343. The minimum absolute atomic E-state index is 0.0685. The van der Waals surface area contributed by atoms with E-state index in [-0.39, 0.29) is 18.8 Å². The molecule has 0 amide bonds. The standard InChI is InChI=1S/C27H37F2N5O/c1-17(29)14-34-18(2)11-23-21(7-8-25(31)24(23)13-30)27(34)22-6-5-19(12-26(22)35-3)32-20-15-33(16-20)10-4-9-28/h5-8,12-13,17-18,20,27,30,32H,4,9-11,14-16,31H2,1-3H3/t17?,18-,27+/m1/s1. The summed E-state index contributed by atoms with van der Waals surface area (Å²) in [6.45, 7) is 6.30. The van der Waals surface area contributed by atoms with E-state index in [4.69, 9.17) is 15.9 Å². The number of likely N-dealkylation sites (tertiary alicyclic amines) is 1. The van der Waals surface area contributed by atoms with Gasteiger partial charge in [0.25, 0.3) is 0 Å². The van der Waals surface area contributed by atoms with Crippen molar-refractivity contribution >= 4 is 17.6 Å². The highest BCUT2D eigenvalue weighted by Gasteiger charge is 2.37. The largest absolute Gasteiger partial charge is 0.496 e. The summed E-state index contributed by atoms with van der Waals surface area (Å²) < 4.78 is 32.6. The molecule has 6 nitrogen and oxygen atoms in total. The average molecular weight is 486 g/mol. The lowest BCUT2D eigenvalue weighted by Gasteiger charge is -2.43. The number of nitrogens with two attached hydrogens (primary N) is 1. The molecule has 2 aliphatic heterocycles. The van der Waals surface area contributed by atoms with Gasteiger partial charge in [-0.25, -0.2) is 4.39 Å². The molecule has 0 radical (unpaired) electrons. The molecule has 4 rings (SSSR count). The second-order valence-electron chi connectivity index (χ2n) is 9.81. The Bertz CT molecular complexity index is 1040. The van der Waals surface area contributed by atoms with Crippen LogP contribution in [0.5, 0.6) is 5.75 Å². The number of hydrogen-bond acceptors (Lipinski definition) is 6. The van der Waals surface area contributed by atoms with Crippen molar-refractivity contribution in [1.29, 1.82) is 5.41 Å². The molecular formula is C27H37F2N5O. The van der Waals surface area contributed by atoms with Crippen molar-refractivity contribution in [2.24, 2.45) is 0 Å². The lowest BCUT2D eigenvalue weighted by atomic mass is 9.82. The van der Waals surface area contributed by atoms with E-state index in [1.54, 1.807) is 14.0 Å². The van der Waals surface area contributed by atoms with Crippen LogP contribution >= 0.6 is 0 Å². The van der Waals surface area contributed by atoms with Gasteiger partial charge in [-0.2, -0.15) is 0 Å². The lowest BCUT2D eigenvalue weighted by Crippen LogP contribution is -2.54. The summed E-state index contributed by atoms with van der Waals surface area (Å²) in [4.78, 5) is 4.43. The second kappa shape index (κ2) is 10.9. The van der Waals surface area contributed by atoms with E-state index in [0.717, 1.165) is 53.3 Å². The summed E-state index contributed by atoms with van der Waals surface area (Å²) in [7, 11) is 1.66. The first-order valence-electron chi connectivity index (χ1n) is 12.4. The van der Waals surface area contributed by atoms with Gasteiger partial charge in [-0.1, -0.05) is 12.1 Å². The zero-order valence-corrected chi connectivity index (χ0v) is 20.9. The van der Waals surface area contributed by atoms with Gasteiger partial charge in [0, 0.05) is 67.0 Å². The third-order valence-electron chi connectivity index (χ3n) is 7.19. The average Bonchev–Trinajstić information content (AvgIpc) is 2.81. The van der Waals surface area contributed by atoms with Crippen molar-refractivity contribution < 1.29 is 13.5 Å². The van der Waals surface area contributed by atoms with E-state index in [2.05, 4.69) is 28.1 Å². The molecule has 1 fully saturated rings. The fraction of sp³-hybridized carbons (Fsp3) is 0.519. The van der Waals surface area contributed by atoms with E-state index in [1.165, 1.54) is 6.21 Å². The molecule has 3 atom stereocenters. The van der Waals surface area contributed by atoms with Crippen LogP contribution in [0.3, 0.4) is 0 Å². The fourth-order valence-electron chi connectivity index (χ4n) is 5.51. The minimum Gasteiger partial charge on any atom is -0.496 e. The van der Waals surface area contributed by atoms with Gasteiger partial charge < -0.3 is 21.2 Å². The Kier molecular flexibility index (Phi) is 7.91. The van der Waals surface area contributed by atoms with Gasteiger partial charge >= 0.3 is 0 Å². The highest BCUT2D eigenvalue weighted by Crippen LogP contribution is 2.44.